The van der Waals surface area contributed by atoms with Crippen molar-refractivity contribution < 1.29 is 0 Å². The van der Waals surface area contributed by atoms with Crippen LogP contribution in [-0.4, -0.2) is 0 Å². The van der Waals surface area contributed by atoms with Crippen molar-refractivity contribution in [1.82, 2.24) is 0 Å². The summed E-state index contributed by atoms with van der Waals surface area (Å²) in [6, 6.07) is 11.9. The summed E-state index contributed by atoms with van der Waals surface area (Å²) in [4.78, 5) is 0. The fourth-order valence-electron chi connectivity index (χ4n) is 2.77. The molecule has 107 valence electrons. The van der Waals surface area contributed by atoms with E-state index >= 15 is 0 Å². The van der Waals surface area contributed by atoms with Gasteiger partial charge in [-0.2, -0.15) is 0 Å². The van der Waals surface area contributed by atoms with Crippen molar-refractivity contribution >= 4 is 0 Å². The molecule has 0 bridgehead atoms. The summed E-state index contributed by atoms with van der Waals surface area (Å²) in [5, 5.41) is 0. The maximum absolute atomic E-state index is 3.24. The highest BCUT2D eigenvalue weighted by Gasteiger charge is 2.10. The monoisotopic (exact) mass is 259 g/mol. The van der Waals surface area contributed by atoms with Crippen LogP contribution in [0.25, 0.3) is 0 Å². The third kappa shape index (κ3) is 7.40. The smallest absolute Gasteiger partial charge is 0.0162 e. The largest absolute Gasteiger partial charge is 0.0654 e. The standard InChI is InChI=1S/C19H31/c1-3-5-7-10-14-18(15-11-8-6-4-2)19-16-12-9-13-17-19/h9,12,16-18H,3-8,10-11,14-15H2,1-2H3. The van der Waals surface area contributed by atoms with E-state index in [2.05, 4.69) is 38.1 Å². The van der Waals surface area contributed by atoms with Gasteiger partial charge >= 0.3 is 0 Å². The third-order valence-corrected chi connectivity index (χ3v) is 4.01. The van der Waals surface area contributed by atoms with E-state index in [1.807, 2.05) is 6.07 Å². The van der Waals surface area contributed by atoms with Gasteiger partial charge in [0.2, 0.25) is 0 Å². The van der Waals surface area contributed by atoms with Crippen LogP contribution in [0, 0.1) is 6.07 Å². The predicted molar refractivity (Wildman–Crippen MR) is 85.5 cm³/mol. The van der Waals surface area contributed by atoms with Crippen LogP contribution in [0.1, 0.15) is 89.5 Å². The molecule has 0 aliphatic rings. The van der Waals surface area contributed by atoms with Gasteiger partial charge in [0.25, 0.3) is 0 Å². The van der Waals surface area contributed by atoms with E-state index in [9.17, 15) is 0 Å². The zero-order valence-electron chi connectivity index (χ0n) is 13.0. The second kappa shape index (κ2) is 11.1. The second-order valence-corrected chi connectivity index (χ2v) is 5.73. The molecule has 19 heavy (non-hydrogen) atoms. The van der Waals surface area contributed by atoms with Crippen molar-refractivity contribution in [1.29, 1.82) is 0 Å². The van der Waals surface area contributed by atoms with Crippen molar-refractivity contribution in [3.8, 4) is 0 Å². The molecule has 1 aromatic rings. The quantitative estimate of drug-likeness (QED) is 0.397. The lowest BCUT2D eigenvalue weighted by molar-refractivity contribution is 0.496. The first-order valence-corrected chi connectivity index (χ1v) is 8.34. The molecule has 0 nitrogen and oxygen atoms in total. The molecule has 0 heterocycles. The maximum Gasteiger partial charge on any atom is -0.0162 e. The van der Waals surface area contributed by atoms with Crippen molar-refractivity contribution in [2.45, 2.75) is 84.0 Å². The van der Waals surface area contributed by atoms with Gasteiger partial charge in [0.1, 0.15) is 0 Å². The average Bonchev–Trinajstić information content (AvgIpc) is 2.46. The first-order chi connectivity index (χ1) is 9.38. The lowest BCUT2D eigenvalue weighted by Gasteiger charge is -2.17. The van der Waals surface area contributed by atoms with Crippen LogP contribution in [0.4, 0.5) is 0 Å². The molecule has 0 aliphatic heterocycles. The Labute approximate surface area is 120 Å². The van der Waals surface area contributed by atoms with Crippen LogP contribution in [0.2, 0.25) is 0 Å². The summed E-state index contributed by atoms with van der Waals surface area (Å²) < 4.78 is 0. The highest BCUT2D eigenvalue weighted by Crippen LogP contribution is 2.28. The Morgan fingerprint density at radius 1 is 0.895 bits per heavy atom. The molecular weight excluding hydrogens is 228 g/mol. The third-order valence-electron chi connectivity index (χ3n) is 4.01. The van der Waals surface area contributed by atoms with Gasteiger partial charge in [0, 0.05) is 0 Å². The Hall–Kier alpha value is -0.780. The van der Waals surface area contributed by atoms with Crippen molar-refractivity contribution in [3.05, 3.63) is 35.9 Å². The Kier molecular flexibility index (Phi) is 9.49. The van der Waals surface area contributed by atoms with Crippen LogP contribution >= 0.6 is 0 Å². The number of hydrogen-bond donors (Lipinski definition) is 0. The van der Waals surface area contributed by atoms with Crippen LogP contribution in [-0.2, 0) is 0 Å². The molecular formula is C19H31. The van der Waals surface area contributed by atoms with Gasteiger partial charge in [-0.15, -0.1) is 0 Å². The van der Waals surface area contributed by atoms with E-state index in [0.717, 1.165) is 5.92 Å². The van der Waals surface area contributed by atoms with Crippen molar-refractivity contribution in [3.63, 3.8) is 0 Å². The van der Waals surface area contributed by atoms with Crippen LogP contribution in [0.5, 0.6) is 0 Å². The lowest BCUT2D eigenvalue weighted by atomic mass is 9.88. The minimum absolute atomic E-state index is 0.770. The van der Waals surface area contributed by atoms with Gasteiger partial charge in [-0.25, -0.2) is 0 Å². The van der Waals surface area contributed by atoms with E-state index in [1.54, 1.807) is 0 Å². The Balaban J connectivity index is 2.39. The normalized spacial score (nSPS) is 11.1. The number of hydrogen-bond acceptors (Lipinski definition) is 0. The SMILES string of the molecule is CCCCCCC(CCCCCC)c1c[c]ccc1. The predicted octanol–water partition coefficient (Wildman–Crippen LogP) is 6.51. The second-order valence-electron chi connectivity index (χ2n) is 5.73. The van der Waals surface area contributed by atoms with Crippen molar-refractivity contribution in [2.75, 3.05) is 0 Å². The zero-order chi connectivity index (χ0) is 13.8. The van der Waals surface area contributed by atoms with Gasteiger partial charge in [-0.1, -0.05) is 89.5 Å². The summed E-state index contributed by atoms with van der Waals surface area (Å²) in [6.45, 7) is 4.57. The first-order valence-electron chi connectivity index (χ1n) is 8.34. The van der Waals surface area contributed by atoms with Gasteiger partial charge in [-0.05, 0) is 30.4 Å². The Morgan fingerprint density at radius 3 is 2.00 bits per heavy atom. The van der Waals surface area contributed by atoms with Gasteiger partial charge in [-0.3, -0.25) is 0 Å². The summed E-state index contributed by atoms with van der Waals surface area (Å²) in [5.41, 5.74) is 1.51. The minimum atomic E-state index is 0.770. The minimum Gasteiger partial charge on any atom is -0.0654 e. The van der Waals surface area contributed by atoms with Gasteiger partial charge in [0.05, 0.1) is 0 Å². The highest BCUT2D eigenvalue weighted by molar-refractivity contribution is 5.18. The molecule has 0 N–H and O–H groups in total. The highest BCUT2D eigenvalue weighted by atomic mass is 14.2. The summed E-state index contributed by atoms with van der Waals surface area (Å²) in [6.07, 6.45) is 13.8. The Morgan fingerprint density at radius 2 is 1.53 bits per heavy atom. The zero-order valence-corrected chi connectivity index (χ0v) is 13.0. The number of unbranched alkanes of at least 4 members (excludes halogenated alkanes) is 6. The van der Waals surface area contributed by atoms with Crippen LogP contribution in [0.3, 0.4) is 0 Å². The molecule has 1 radical (unpaired) electrons. The number of benzene rings is 1. The van der Waals surface area contributed by atoms with E-state index in [4.69, 9.17) is 0 Å². The summed E-state index contributed by atoms with van der Waals surface area (Å²) >= 11 is 0. The van der Waals surface area contributed by atoms with E-state index in [-0.39, 0.29) is 0 Å². The molecule has 0 saturated carbocycles. The van der Waals surface area contributed by atoms with E-state index < -0.39 is 0 Å². The molecule has 0 saturated heterocycles. The van der Waals surface area contributed by atoms with E-state index in [0.29, 0.717) is 0 Å². The molecule has 0 spiro atoms. The molecule has 0 heteroatoms. The fraction of sp³-hybridized carbons (Fsp3) is 0.684. The molecule has 0 amide bonds. The molecule has 0 atom stereocenters. The summed E-state index contributed by atoms with van der Waals surface area (Å²) in [5.74, 6) is 0.770. The topological polar surface area (TPSA) is 0 Å². The first kappa shape index (κ1) is 16.3. The fourth-order valence-corrected chi connectivity index (χ4v) is 2.77. The molecule has 0 aliphatic carbocycles. The van der Waals surface area contributed by atoms with Crippen LogP contribution in [0.15, 0.2) is 24.3 Å². The number of rotatable bonds is 11. The van der Waals surface area contributed by atoms with E-state index in [1.165, 1.54) is 69.8 Å². The molecule has 0 unspecified atom stereocenters. The summed E-state index contributed by atoms with van der Waals surface area (Å²) in [7, 11) is 0. The maximum atomic E-state index is 3.24. The van der Waals surface area contributed by atoms with Crippen molar-refractivity contribution in [2.24, 2.45) is 0 Å². The molecule has 1 aromatic carbocycles. The van der Waals surface area contributed by atoms with Gasteiger partial charge < -0.3 is 0 Å². The molecule has 0 fully saturated rings. The average molecular weight is 259 g/mol. The van der Waals surface area contributed by atoms with Crippen LogP contribution < -0.4 is 0 Å². The molecule has 0 aromatic heterocycles. The Bertz CT molecular complexity index is 276. The lowest BCUT2D eigenvalue weighted by Crippen LogP contribution is -1.99. The molecule has 1 rings (SSSR count). The van der Waals surface area contributed by atoms with Gasteiger partial charge in [0.15, 0.2) is 0 Å².